The topological polar surface area (TPSA) is 101 Å². The second-order valence-corrected chi connectivity index (χ2v) is 4.40. The van der Waals surface area contributed by atoms with E-state index in [0.717, 1.165) is 5.69 Å². The Labute approximate surface area is 108 Å². The van der Waals surface area contributed by atoms with Crippen LogP contribution in [0.4, 0.5) is 5.82 Å². The summed E-state index contributed by atoms with van der Waals surface area (Å²) < 4.78 is 1.52. The van der Waals surface area contributed by atoms with Gasteiger partial charge in [-0.3, -0.25) is 14.9 Å². The highest BCUT2D eigenvalue weighted by Gasteiger charge is 2.27. The Hall–Kier alpha value is -2.51. The van der Waals surface area contributed by atoms with E-state index in [2.05, 4.69) is 25.7 Å². The second kappa shape index (κ2) is 4.30. The maximum Gasteiger partial charge on any atom is 0.254 e. The number of carbonyl (C=O) groups excluding carboxylic acids is 2. The zero-order valence-corrected chi connectivity index (χ0v) is 10.3. The maximum atomic E-state index is 11.7. The quantitative estimate of drug-likeness (QED) is 0.716. The SMILES string of the molecule is Cc1cc(NC2CCC(=O)NC2=O)n2ncnc2n1. The minimum Gasteiger partial charge on any atom is -0.358 e. The summed E-state index contributed by atoms with van der Waals surface area (Å²) in [5.41, 5.74) is 0.773. The number of rotatable bonds is 2. The van der Waals surface area contributed by atoms with Gasteiger partial charge in [0, 0.05) is 18.2 Å². The van der Waals surface area contributed by atoms with E-state index in [4.69, 9.17) is 0 Å². The minimum atomic E-state index is -0.452. The van der Waals surface area contributed by atoms with Crippen LogP contribution in [-0.2, 0) is 9.59 Å². The van der Waals surface area contributed by atoms with Crippen molar-refractivity contribution in [3.05, 3.63) is 18.1 Å². The van der Waals surface area contributed by atoms with Gasteiger partial charge in [0.1, 0.15) is 18.2 Å². The molecule has 2 aromatic heterocycles. The fourth-order valence-electron chi connectivity index (χ4n) is 2.04. The van der Waals surface area contributed by atoms with Gasteiger partial charge in [-0.25, -0.2) is 4.98 Å². The van der Waals surface area contributed by atoms with Crippen LogP contribution in [0.3, 0.4) is 0 Å². The Balaban J connectivity index is 1.91. The fourth-order valence-corrected chi connectivity index (χ4v) is 2.04. The molecule has 1 aliphatic rings. The normalized spacial score (nSPS) is 19.5. The van der Waals surface area contributed by atoms with Crippen LogP contribution >= 0.6 is 0 Å². The number of nitrogens with one attached hydrogen (secondary N) is 2. The van der Waals surface area contributed by atoms with Crippen molar-refractivity contribution < 1.29 is 9.59 Å². The van der Waals surface area contributed by atoms with Gasteiger partial charge in [0.2, 0.25) is 11.8 Å². The molecule has 0 aliphatic carbocycles. The first kappa shape index (κ1) is 11.6. The van der Waals surface area contributed by atoms with E-state index in [1.165, 1.54) is 10.8 Å². The molecular weight excluding hydrogens is 248 g/mol. The summed E-state index contributed by atoms with van der Waals surface area (Å²) in [5.74, 6) is 0.545. The smallest absolute Gasteiger partial charge is 0.254 e. The average Bonchev–Trinajstić information content (AvgIpc) is 2.80. The zero-order chi connectivity index (χ0) is 13.4. The van der Waals surface area contributed by atoms with Gasteiger partial charge >= 0.3 is 0 Å². The first-order valence-corrected chi connectivity index (χ1v) is 5.91. The molecule has 2 N–H and O–H groups in total. The second-order valence-electron chi connectivity index (χ2n) is 4.40. The van der Waals surface area contributed by atoms with Crippen LogP contribution < -0.4 is 10.6 Å². The monoisotopic (exact) mass is 260 g/mol. The Morgan fingerprint density at radius 1 is 1.47 bits per heavy atom. The van der Waals surface area contributed by atoms with Crippen LogP contribution in [0.2, 0.25) is 0 Å². The molecular formula is C11H12N6O2. The van der Waals surface area contributed by atoms with E-state index in [-0.39, 0.29) is 11.8 Å². The molecule has 98 valence electrons. The number of hydrogen-bond acceptors (Lipinski definition) is 6. The number of aryl methyl sites for hydroxylation is 1. The number of hydrogen-bond donors (Lipinski definition) is 2. The lowest BCUT2D eigenvalue weighted by Crippen LogP contribution is -2.47. The summed E-state index contributed by atoms with van der Waals surface area (Å²) >= 11 is 0. The molecule has 3 rings (SSSR count). The van der Waals surface area contributed by atoms with Gasteiger partial charge in [-0.15, -0.1) is 0 Å². The van der Waals surface area contributed by atoms with Crippen molar-refractivity contribution in [3.8, 4) is 0 Å². The number of amides is 2. The standard InChI is InChI=1S/C11H12N6O2/c1-6-4-8(17-11(14-6)12-5-13-17)15-7-2-3-9(18)16-10(7)19/h4-5,7,15H,2-3H2,1H3,(H,16,18,19). The van der Waals surface area contributed by atoms with E-state index in [9.17, 15) is 9.59 Å². The summed E-state index contributed by atoms with van der Waals surface area (Å²) in [5, 5.41) is 9.43. The van der Waals surface area contributed by atoms with Crippen LogP contribution in [0.25, 0.3) is 5.78 Å². The Morgan fingerprint density at radius 2 is 2.32 bits per heavy atom. The Kier molecular flexibility index (Phi) is 2.62. The molecule has 1 fully saturated rings. The van der Waals surface area contributed by atoms with Gasteiger partial charge < -0.3 is 5.32 Å². The summed E-state index contributed by atoms with van der Waals surface area (Å²) in [6.45, 7) is 1.84. The molecule has 1 unspecified atom stereocenters. The van der Waals surface area contributed by atoms with Crippen molar-refractivity contribution in [3.63, 3.8) is 0 Å². The molecule has 1 aliphatic heterocycles. The highest BCUT2D eigenvalue weighted by Crippen LogP contribution is 2.15. The molecule has 3 heterocycles. The molecule has 19 heavy (non-hydrogen) atoms. The predicted molar refractivity (Wildman–Crippen MR) is 65.3 cm³/mol. The lowest BCUT2D eigenvalue weighted by molar-refractivity contribution is -0.133. The molecule has 0 spiro atoms. The highest BCUT2D eigenvalue weighted by molar-refractivity contribution is 6.01. The number of aromatic nitrogens is 4. The fraction of sp³-hybridized carbons (Fsp3) is 0.364. The van der Waals surface area contributed by atoms with Crippen LogP contribution in [0.5, 0.6) is 0 Å². The maximum absolute atomic E-state index is 11.7. The summed E-state index contributed by atoms with van der Waals surface area (Å²) in [4.78, 5) is 31.0. The number of nitrogens with zero attached hydrogens (tertiary/aromatic N) is 4. The van der Waals surface area contributed by atoms with E-state index >= 15 is 0 Å². The summed E-state index contributed by atoms with van der Waals surface area (Å²) in [6, 6.07) is 1.33. The largest absolute Gasteiger partial charge is 0.358 e. The van der Waals surface area contributed by atoms with Crippen molar-refractivity contribution in [2.24, 2.45) is 0 Å². The molecule has 0 aromatic carbocycles. The number of carbonyl (C=O) groups is 2. The highest BCUT2D eigenvalue weighted by atomic mass is 16.2. The zero-order valence-electron chi connectivity index (χ0n) is 10.3. The third kappa shape index (κ3) is 2.12. The molecule has 2 aromatic rings. The van der Waals surface area contributed by atoms with Gasteiger partial charge in [0.15, 0.2) is 0 Å². The van der Waals surface area contributed by atoms with Crippen molar-refractivity contribution in [1.82, 2.24) is 24.9 Å². The van der Waals surface area contributed by atoms with Crippen molar-refractivity contribution in [2.45, 2.75) is 25.8 Å². The van der Waals surface area contributed by atoms with Crippen molar-refractivity contribution in [1.29, 1.82) is 0 Å². The van der Waals surface area contributed by atoms with Crippen molar-refractivity contribution >= 4 is 23.4 Å². The van der Waals surface area contributed by atoms with E-state index < -0.39 is 6.04 Å². The van der Waals surface area contributed by atoms with Crippen molar-refractivity contribution in [2.75, 3.05) is 5.32 Å². The molecule has 8 heteroatoms. The third-order valence-electron chi connectivity index (χ3n) is 2.94. The van der Waals surface area contributed by atoms with Crippen LogP contribution in [0.1, 0.15) is 18.5 Å². The molecule has 0 bridgehead atoms. The van der Waals surface area contributed by atoms with E-state index in [1.54, 1.807) is 6.07 Å². The van der Waals surface area contributed by atoms with Gasteiger partial charge in [-0.2, -0.15) is 14.6 Å². The first-order valence-electron chi connectivity index (χ1n) is 5.91. The number of piperidine rings is 1. The molecule has 0 saturated carbocycles. The Morgan fingerprint density at radius 3 is 3.11 bits per heavy atom. The van der Waals surface area contributed by atoms with E-state index in [0.29, 0.717) is 24.4 Å². The molecule has 1 saturated heterocycles. The average molecular weight is 260 g/mol. The van der Waals surface area contributed by atoms with Gasteiger partial charge in [0.25, 0.3) is 5.78 Å². The van der Waals surface area contributed by atoms with Gasteiger partial charge in [-0.05, 0) is 13.3 Å². The van der Waals surface area contributed by atoms with Gasteiger partial charge in [-0.1, -0.05) is 0 Å². The molecule has 0 radical (unpaired) electrons. The lowest BCUT2D eigenvalue weighted by Gasteiger charge is -2.22. The Bertz CT molecular complexity index is 664. The number of fused-ring (bicyclic) bond motifs is 1. The van der Waals surface area contributed by atoms with Gasteiger partial charge in [0.05, 0.1) is 0 Å². The van der Waals surface area contributed by atoms with E-state index in [1.807, 2.05) is 6.92 Å². The number of anilines is 1. The van der Waals surface area contributed by atoms with Crippen LogP contribution in [0, 0.1) is 6.92 Å². The molecule has 8 nitrogen and oxygen atoms in total. The lowest BCUT2D eigenvalue weighted by atomic mass is 10.1. The molecule has 2 amide bonds. The third-order valence-corrected chi connectivity index (χ3v) is 2.94. The van der Waals surface area contributed by atoms with Crippen LogP contribution in [-0.4, -0.2) is 37.4 Å². The predicted octanol–water partition coefficient (Wildman–Crippen LogP) is -0.350. The summed E-state index contributed by atoms with van der Waals surface area (Å²) in [7, 11) is 0. The minimum absolute atomic E-state index is 0.236. The first-order chi connectivity index (χ1) is 9.13. The summed E-state index contributed by atoms with van der Waals surface area (Å²) in [6.07, 6.45) is 2.19. The molecule has 1 atom stereocenters. The van der Waals surface area contributed by atoms with Crippen LogP contribution in [0.15, 0.2) is 12.4 Å². The number of imide groups is 1.